The summed E-state index contributed by atoms with van der Waals surface area (Å²) >= 11 is 5.83. The van der Waals surface area contributed by atoms with Gasteiger partial charge in [-0.3, -0.25) is 9.52 Å². The average Bonchev–Trinajstić information content (AvgIpc) is 2.72. The van der Waals surface area contributed by atoms with Crippen LogP contribution in [0.4, 0.5) is 11.4 Å². The molecule has 2 N–H and O–H groups in total. The number of sulfonamides is 1. The van der Waals surface area contributed by atoms with Gasteiger partial charge >= 0.3 is 0 Å². The highest BCUT2D eigenvalue weighted by atomic mass is 35.5. The number of anilines is 2. The van der Waals surface area contributed by atoms with E-state index < -0.39 is 10.0 Å². The van der Waals surface area contributed by atoms with Crippen molar-refractivity contribution in [1.29, 1.82) is 0 Å². The predicted octanol–water partition coefficient (Wildman–Crippen LogP) is 5.08. The van der Waals surface area contributed by atoms with Crippen LogP contribution in [-0.4, -0.2) is 20.9 Å². The van der Waals surface area contributed by atoms with Crippen LogP contribution in [0.25, 0.3) is 0 Å². The van der Waals surface area contributed by atoms with Crippen molar-refractivity contribution in [3.8, 4) is 5.75 Å². The van der Waals surface area contributed by atoms with Gasteiger partial charge in [-0.1, -0.05) is 23.7 Å². The third-order valence-corrected chi connectivity index (χ3v) is 6.42. The molecule has 0 unspecified atom stereocenters. The number of amides is 1. The maximum absolute atomic E-state index is 12.6. The maximum atomic E-state index is 12.6. The Morgan fingerprint density at radius 2 is 1.68 bits per heavy atom. The molecule has 0 atom stereocenters. The Hall–Kier alpha value is -3.03. The van der Waals surface area contributed by atoms with Crippen molar-refractivity contribution in [2.75, 3.05) is 16.6 Å². The summed E-state index contributed by atoms with van der Waals surface area (Å²) in [4.78, 5) is 12.4. The molecule has 0 saturated carbocycles. The number of nitrogens with one attached hydrogen (secondary N) is 2. The first kappa shape index (κ1) is 22.7. The molecule has 1 amide bonds. The number of ether oxygens (including phenoxy) is 1. The van der Waals surface area contributed by atoms with Crippen LogP contribution in [0.5, 0.6) is 5.75 Å². The zero-order chi connectivity index (χ0) is 22.6. The molecule has 8 heteroatoms. The fourth-order valence-corrected chi connectivity index (χ4v) is 4.17. The molecule has 0 radical (unpaired) electrons. The van der Waals surface area contributed by atoms with E-state index in [-0.39, 0.29) is 17.4 Å². The third-order valence-electron chi connectivity index (χ3n) is 4.79. The summed E-state index contributed by atoms with van der Waals surface area (Å²) < 4.78 is 33.4. The van der Waals surface area contributed by atoms with Crippen molar-refractivity contribution in [3.63, 3.8) is 0 Å². The van der Waals surface area contributed by atoms with Crippen molar-refractivity contribution < 1.29 is 17.9 Å². The van der Waals surface area contributed by atoms with Gasteiger partial charge in [0.15, 0.2) is 6.61 Å². The summed E-state index contributed by atoms with van der Waals surface area (Å²) in [5, 5.41) is 3.34. The standard InChI is InChI=1S/C23H23ClN2O4S/c1-15-5-4-6-21(17(15)3)25-23(27)14-30-22-12-11-20(13-16(22)2)31(28,29)26-19-9-7-18(24)8-10-19/h4-13,26H,14H2,1-3H3,(H,25,27). The van der Waals surface area contributed by atoms with Gasteiger partial charge in [0.1, 0.15) is 5.75 Å². The molecule has 31 heavy (non-hydrogen) atoms. The molecule has 0 spiro atoms. The van der Waals surface area contributed by atoms with Crippen LogP contribution in [0.3, 0.4) is 0 Å². The Bertz CT molecular complexity index is 1210. The molecular weight excluding hydrogens is 436 g/mol. The zero-order valence-corrected chi connectivity index (χ0v) is 19.0. The molecule has 3 aromatic carbocycles. The second-order valence-electron chi connectivity index (χ2n) is 7.12. The second-order valence-corrected chi connectivity index (χ2v) is 9.24. The number of hydrogen-bond donors (Lipinski definition) is 2. The lowest BCUT2D eigenvalue weighted by molar-refractivity contribution is -0.118. The molecule has 6 nitrogen and oxygen atoms in total. The van der Waals surface area contributed by atoms with E-state index in [0.717, 1.165) is 16.8 Å². The highest BCUT2D eigenvalue weighted by molar-refractivity contribution is 7.92. The highest BCUT2D eigenvalue weighted by Gasteiger charge is 2.16. The predicted molar refractivity (Wildman–Crippen MR) is 123 cm³/mol. The van der Waals surface area contributed by atoms with E-state index in [4.69, 9.17) is 16.3 Å². The summed E-state index contributed by atoms with van der Waals surface area (Å²) in [6.07, 6.45) is 0. The number of rotatable bonds is 7. The van der Waals surface area contributed by atoms with Crippen LogP contribution in [0.15, 0.2) is 65.6 Å². The zero-order valence-electron chi connectivity index (χ0n) is 17.4. The van der Waals surface area contributed by atoms with Gasteiger partial charge in [-0.05, 0) is 86.0 Å². The molecule has 0 heterocycles. The Morgan fingerprint density at radius 3 is 2.35 bits per heavy atom. The minimum absolute atomic E-state index is 0.0899. The van der Waals surface area contributed by atoms with E-state index in [2.05, 4.69) is 10.0 Å². The molecule has 0 fully saturated rings. The number of carbonyl (C=O) groups is 1. The monoisotopic (exact) mass is 458 g/mol. The van der Waals surface area contributed by atoms with Gasteiger partial charge in [0.2, 0.25) is 0 Å². The average molecular weight is 459 g/mol. The summed E-state index contributed by atoms with van der Waals surface area (Å²) in [7, 11) is -3.77. The third kappa shape index (κ3) is 5.77. The molecule has 0 aliphatic carbocycles. The Labute approximate surface area is 187 Å². The fraction of sp³-hybridized carbons (Fsp3) is 0.174. The summed E-state index contributed by atoms with van der Waals surface area (Å²) in [6.45, 7) is 5.44. The van der Waals surface area contributed by atoms with Crippen molar-refractivity contribution >= 4 is 38.9 Å². The van der Waals surface area contributed by atoms with Crippen LogP contribution < -0.4 is 14.8 Å². The van der Waals surface area contributed by atoms with Gasteiger partial charge < -0.3 is 10.1 Å². The van der Waals surface area contributed by atoms with Crippen molar-refractivity contribution in [3.05, 3.63) is 82.4 Å². The summed E-state index contributed by atoms with van der Waals surface area (Å²) in [6, 6.07) is 16.5. The fourth-order valence-electron chi connectivity index (χ4n) is 2.90. The lowest BCUT2D eigenvalue weighted by Crippen LogP contribution is -2.21. The quantitative estimate of drug-likeness (QED) is 0.516. The van der Waals surface area contributed by atoms with Crippen molar-refractivity contribution in [2.24, 2.45) is 0 Å². The number of hydrogen-bond acceptors (Lipinski definition) is 4. The van der Waals surface area contributed by atoms with Gasteiger partial charge in [-0.2, -0.15) is 0 Å². The molecular formula is C23H23ClN2O4S. The molecule has 3 aromatic rings. The number of carbonyl (C=O) groups excluding carboxylic acids is 1. The van der Waals surface area contributed by atoms with E-state index in [9.17, 15) is 13.2 Å². The number of aryl methyl sites for hydroxylation is 2. The second kappa shape index (κ2) is 9.41. The van der Waals surface area contributed by atoms with E-state index in [1.54, 1.807) is 31.2 Å². The topological polar surface area (TPSA) is 84.5 Å². The normalized spacial score (nSPS) is 11.1. The highest BCUT2D eigenvalue weighted by Crippen LogP contribution is 2.24. The maximum Gasteiger partial charge on any atom is 0.262 e. The van der Waals surface area contributed by atoms with Crippen molar-refractivity contribution in [2.45, 2.75) is 25.7 Å². The molecule has 0 aliphatic heterocycles. The smallest absolute Gasteiger partial charge is 0.262 e. The molecule has 0 aromatic heterocycles. The van der Waals surface area contributed by atoms with Gasteiger partial charge in [-0.15, -0.1) is 0 Å². The van der Waals surface area contributed by atoms with Gasteiger partial charge in [0, 0.05) is 16.4 Å². The van der Waals surface area contributed by atoms with E-state index in [1.165, 1.54) is 18.2 Å². The number of benzene rings is 3. The lowest BCUT2D eigenvalue weighted by atomic mass is 10.1. The first-order valence-electron chi connectivity index (χ1n) is 9.53. The minimum Gasteiger partial charge on any atom is -0.483 e. The van der Waals surface area contributed by atoms with E-state index >= 15 is 0 Å². The summed E-state index contributed by atoms with van der Waals surface area (Å²) in [5.41, 5.74) is 3.82. The molecule has 0 aliphatic rings. The van der Waals surface area contributed by atoms with Gasteiger partial charge in [0.05, 0.1) is 4.90 Å². The SMILES string of the molecule is Cc1cc(S(=O)(=O)Nc2ccc(Cl)cc2)ccc1OCC(=O)Nc1cccc(C)c1C. The van der Waals surface area contributed by atoms with E-state index in [1.807, 2.05) is 32.0 Å². The minimum atomic E-state index is -3.77. The van der Waals surface area contributed by atoms with Gasteiger partial charge in [-0.25, -0.2) is 8.42 Å². The van der Waals surface area contributed by atoms with Crippen LogP contribution in [0, 0.1) is 20.8 Å². The van der Waals surface area contributed by atoms with E-state index in [0.29, 0.717) is 22.0 Å². The number of halogens is 1. The van der Waals surface area contributed by atoms with Crippen molar-refractivity contribution in [1.82, 2.24) is 0 Å². The Balaban J connectivity index is 1.65. The Kier molecular flexibility index (Phi) is 6.87. The summed E-state index contributed by atoms with van der Waals surface area (Å²) in [5.74, 6) is 0.135. The largest absolute Gasteiger partial charge is 0.483 e. The first-order valence-corrected chi connectivity index (χ1v) is 11.4. The molecule has 162 valence electrons. The Morgan fingerprint density at radius 1 is 0.968 bits per heavy atom. The van der Waals surface area contributed by atoms with Crippen LogP contribution in [-0.2, 0) is 14.8 Å². The molecule has 0 bridgehead atoms. The van der Waals surface area contributed by atoms with Gasteiger partial charge in [0.25, 0.3) is 15.9 Å². The first-order chi connectivity index (χ1) is 14.7. The molecule has 0 saturated heterocycles. The van der Waals surface area contributed by atoms with Crippen LogP contribution in [0.2, 0.25) is 5.02 Å². The lowest BCUT2D eigenvalue weighted by Gasteiger charge is -2.13. The molecule has 3 rings (SSSR count). The van der Waals surface area contributed by atoms with Crippen LogP contribution >= 0.6 is 11.6 Å². The van der Waals surface area contributed by atoms with Crippen LogP contribution in [0.1, 0.15) is 16.7 Å².